The van der Waals surface area contributed by atoms with Gasteiger partial charge in [0.1, 0.15) is 17.0 Å². The number of piperazine rings is 1. The minimum Gasteiger partial charge on any atom is -0.367 e. The third-order valence-electron chi connectivity index (χ3n) is 7.46. The van der Waals surface area contributed by atoms with Gasteiger partial charge in [0.25, 0.3) is 11.5 Å². The SMILES string of the molecule is C=CC(=O)N1CCN(c2c(C(N)=O)c(=O)n(-c3c(C)ccnc3C(C)C)c3nc(-c4ccccc4F)c(Cl)cc23)CC1. The third-order valence-corrected chi connectivity index (χ3v) is 7.75. The Balaban J connectivity index is 1.90. The molecule has 0 radical (unpaired) electrons. The summed E-state index contributed by atoms with van der Waals surface area (Å²) < 4.78 is 16.3. The smallest absolute Gasteiger partial charge is 0.271 e. The van der Waals surface area contributed by atoms with Crippen LogP contribution in [-0.4, -0.2) is 57.4 Å². The average molecular weight is 589 g/mol. The summed E-state index contributed by atoms with van der Waals surface area (Å²) in [7, 11) is 0. The van der Waals surface area contributed by atoms with E-state index in [9.17, 15) is 18.8 Å². The second kappa shape index (κ2) is 11.4. The largest absolute Gasteiger partial charge is 0.367 e. The Morgan fingerprint density at radius 1 is 1.12 bits per heavy atom. The minimum atomic E-state index is -0.919. The van der Waals surface area contributed by atoms with Crippen LogP contribution in [0.3, 0.4) is 0 Å². The number of nitrogens with two attached hydrogens (primary N) is 1. The van der Waals surface area contributed by atoms with E-state index in [1.165, 1.54) is 16.7 Å². The van der Waals surface area contributed by atoms with E-state index in [1.807, 2.05) is 25.7 Å². The van der Waals surface area contributed by atoms with Crippen molar-refractivity contribution in [2.24, 2.45) is 5.73 Å². The van der Waals surface area contributed by atoms with Gasteiger partial charge in [-0.2, -0.15) is 0 Å². The Labute approximate surface area is 247 Å². The summed E-state index contributed by atoms with van der Waals surface area (Å²) in [6.07, 6.45) is 2.90. The Morgan fingerprint density at radius 2 is 1.81 bits per heavy atom. The zero-order valence-corrected chi connectivity index (χ0v) is 24.3. The number of rotatable bonds is 6. The first-order chi connectivity index (χ1) is 20.0. The van der Waals surface area contributed by atoms with Crippen LogP contribution in [0.15, 0.2) is 60.0 Å². The van der Waals surface area contributed by atoms with Crippen LogP contribution in [0.4, 0.5) is 10.1 Å². The molecule has 0 aliphatic carbocycles. The molecule has 216 valence electrons. The number of amides is 2. The van der Waals surface area contributed by atoms with Gasteiger partial charge >= 0.3 is 0 Å². The van der Waals surface area contributed by atoms with Gasteiger partial charge in [0.15, 0.2) is 0 Å². The number of aryl methyl sites for hydroxylation is 1. The molecule has 4 heterocycles. The Morgan fingerprint density at radius 3 is 2.43 bits per heavy atom. The number of halogens is 2. The molecular weight excluding hydrogens is 559 g/mol. The summed E-state index contributed by atoms with van der Waals surface area (Å²) in [5.74, 6) is -1.75. The van der Waals surface area contributed by atoms with Crippen LogP contribution < -0.4 is 16.2 Å². The van der Waals surface area contributed by atoms with E-state index in [4.69, 9.17) is 22.3 Å². The normalized spacial score (nSPS) is 13.6. The zero-order chi connectivity index (χ0) is 30.3. The number of benzene rings is 1. The van der Waals surface area contributed by atoms with E-state index >= 15 is 0 Å². The first kappa shape index (κ1) is 28.9. The molecule has 0 spiro atoms. The summed E-state index contributed by atoms with van der Waals surface area (Å²) >= 11 is 6.76. The van der Waals surface area contributed by atoms with Crippen LogP contribution in [0.5, 0.6) is 0 Å². The van der Waals surface area contributed by atoms with Crippen molar-refractivity contribution >= 4 is 40.1 Å². The lowest BCUT2D eigenvalue weighted by Gasteiger charge is -2.37. The number of carbonyl (C=O) groups is 2. The molecule has 0 atom stereocenters. The van der Waals surface area contributed by atoms with Crippen molar-refractivity contribution in [3.05, 3.63) is 93.3 Å². The summed E-state index contributed by atoms with van der Waals surface area (Å²) in [5.41, 5.74) is 7.53. The molecule has 4 aromatic rings. The maximum Gasteiger partial charge on any atom is 0.271 e. The lowest BCUT2D eigenvalue weighted by Crippen LogP contribution is -2.49. The van der Waals surface area contributed by atoms with Crippen LogP contribution in [-0.2, 0) is 4.79 Å². The van der Waals surface area contributed by atoms with E-state index in [0.717, 1.165) is 5.56 Å². The molecule has 5 rings (SSSR count). The molecule has 0 unspecified atom stereocenters. The standard InChI is InChI=1S/C31H30ClFN6O3/c1-5-23(40)37-12-14-38(15-13-37)28-20-16-21(32)26(19-8-6-7-9-22(19)33)36-30(20)39(31(42)24(28)29(34)41)27-18(4)10-11-35-25(27)17(2)3/h5-11,16-17H,1,12-15H2,2-4H3,(H2,34,41). The molecule has 2 N–H and O–H groups in total. The number of hydrogen-bond donors (Lipinski definition) is 1. The molecule has 2 amide bonds. The van der Waals surface area contributed by atoms with E-state index in [2.05, 4.69) is 11.6 Å². The van der Waals surface area contributed by atoms with E-state index < -0.39 is 17.3 Å². The summed E-state index contributed by atoms with van der Waals surface area (Å²) in [6, 6.07) is 9.44. The molecular formula is C31H30ClFN6O3. The number of primary amides is 1. The highest BCUT2D eigenvalue weighted by Crippen LogP contribution is 2.38. The van der Waals surface area contributed by atoms with E-state index in [-0.39, 0.29) is 45.0 Å². The molecule has 42 heavy (non-hydrogen) atoms. The summed E-state index contributed by atoms with van der Waals surface area (Å²) in [4.78, 5) is 52.5. The molecule has 1 fully saturated rings. The number of aromatic nitrogens is 3. The molecule has 0 saturated carbocycles. The molecule has 11 heteroatoms. The van der Waals surface area contributed by atoms with Crippen molar-refractivity contribution < 1.29 is 14.0 Å². The predicted molar refractivity (Wildman–Crippen MR) is 162 cm³/mol. The number of pyridine rings is 3. The topological polar surface area (TPSA) is 114 Å². The second-order valence-electron chi connectivity index (χ2n) is 10.4. The maximum atomic E-state index is 15.0. The zero-order valence-electron chi connectivity index (χ0n) is 23.5. The van der Waals surface area contributed by atoms with Gasteiger partial charge in [-0.3, -0.25) is 23.9 Å². The maximum absolute atomic E-state index is 15.0. The molecule has 9 nitrogen and oxygen atoms in total. The van der Waals surface area contributed by atoms with Crippen molar-refractivity contribution in [3.8, 4) is 16.9 Å². The molecule has 0 bridgehead atoms. The first-order valence-electron chi connectivity index (χ1n) is 13.5. The number of fused-ring (bicyclic) bond motifs is 1. The fraction of sp³-hybridized carbons (Fsp3) is 0.258. The van der Waals surface area contributed by atoms with Gasteiger partial charge in [0.2, 0.25) is 5.91 Å². The molecule has 1 aliphatic heterocycles. The van der Waals surface area contributed by atoms with Gasteiger partial charge in [-0.15, -0.1) is 0 Å². The molecule has 1 aromatic carbocycles. The van der Waals surface area contributed by atoms with Crippen LogP contribution in [0.2, 0.25) is 5.02 Å². The Kier molecular flexibility index (Phi) is 7.83. The Hall–Kier alpha value is -4.57. The first-order valence-corrected chi connectivity index (χ1v) is 13.9. The lowest BCUT2D eigenvalue weighted by atomic mass is 10.0. The highest BCUT2D eigenvalue weighted by Gasteiger charge is 2.31. The second-order valence-corrected chi connectivity index (χ2v) is 10.8. The Bertz CT molecular complexity index is 1810. The van der Waals surface area contributed by atoms with Crippen molar-refractivity contribution in [2.75, 3.05) is 31.1 Å². The third kappa shape index (κ3) is 4.92. The van der Waals surface area contributed by atoms with Crippen LogP contribution >= 0.6 is 11.6 Å². The molecule has 1 aliphatic rings. The molecule has 3 aromatic heterocycles. The van der Waals surface area contributed by atoms with Gasteiger partial charge in [-0.25, -0.2) is 9.37 Å². The number of nitrogens with zero attached hydrogens (tertiary/aromatic N) is 5. The van der Waals surface area contributed by atoms with Gasteiger partial charge in [-0.1, -0.05) is 44.2 Å². The molecule has 1 saturated heterocycles. The average Bonchev–Trinajstić information content (AvgIpc) is 2.96. The highest BCUT2D eigenvalue weighted by molar-refractivity contribution is 6.34. The fourth-order valence-corrected chi connectivity index (χ4v) is 5.69. The van der Waals surface area contributed by atoms with Crippen molar-refractivity contribution in [2.45, 2.75) is 26.7 Å². The van der Waals surface area contributed by atoms with Gasteiger partial charge in [0.05, 0.1) is 27.8 Å². The predicted octanol–water partition coefficient (Wildman–Crippen LogP) is 4.61. The van der Waals surface area contributed by atoms with Gasteiger partial charge in [0, 0.05) is 43.3 Å². The summed E-state index contributed by atoms with van der Waals surface area (Å²) in [6.45, 7) is 10.6. The van der Waals surface area contributed by atoms with Crippen LogP contribution in [0.25, 0.3) is 28.0 Å². The summed E-state index contributed by atoms with van der Waals surface area (Å²) in [5, 5.41) is 0.511. The monoisotopic (exact) mass is 588 g/mol. The van der Waals surface area contributed by atoms with E-state index in [1.54, 1.807) is 41.4 Å². The van der Waals surface area contributed by atoms with Crippen molar-refractivity contribution in [1.29, 1.82) is 0 Å². The van der Waals surface area contributed by atoms with E-state index in [0.29, 0.717) is 42.9 Å². The van der Waals surface area contributed by atoms with Crippen LogP contribution in [0, 0.1) is 12.7 Å². The minimum absolute atomic E-state index is 0.0904. The van der Waals surface area contributed by atoms with Gasteiger partial charge in [-0.05, 0) is 48.7 Å². The van der Waals surface area contributed by atoms with Crippen molar-refractivity contribution in [3.63, 3.8) is 0 Å². The van der Waals surface area contributed by atoms with Crippen LogP contribution in [0.1, 0.15) is 41.4 Å². The number of carbonyl (C=O) groups excluding carboxylic acids is 2. The highest BCUT2D eigenvalue weighted by atomic mass is 35.5. The number of anilines is 1. The van der Waals surface area contributed by atoms with Gasteiger partial charge < -0.3 is 15.5 Å². The fourth-order valence-electron chi connectivity index (χ4n) is 5.43. The number of hydrogen-bond acceptors (Lipinski definition) is 6. The quantitative estimate of drug-likeness (QED) is 0.329. The lowest BCUT2D eigenvalue weighted by molar-refractivity contribution is -0.126. The van der Waals surface area contributed by atoms with Crippen molar-refractivity contribution in [1.82, 2.24) is 19.4 Å².